The summed E-state index contributed by atoms with van der Waals surface area (Å²) in [5, 5.41) is 7.73. The van der Waals surface area contributed by atoms with E-state index in [9.17, 15) is 0 Å². The zero-order valence-electron chi connectivity index (χ0n) is 7.65. The Bertz CT molecular complexity index is 302. The van der Waals surface area contributed by atoms with Crippen molar-refractivity contribution >= 4 is 0 Å². The second kappa shape index (κ2) is 2.07. The van der Waals surface area contributed by atoms with Crippen LogP contribution < -0.4 is 5.73 Å². The van der Waals surface area contributed by atoms with Gasteiger partial charge in [0.05, 0.1) is 11.9 Å². The topological polar surface area (TPSA) is 56.7 Å². The summed E-state index contributed by atoms with van der Waals surface area (Å²) >= 11 is 0. The normalized spacial score (nSPS) is 32.0. The molecule has 1 heterocycles. The lowest BCUT2D eigenvalue weighted by molar-refractivity contribution is 0.579. The Balaban J connectivity index is 2.30. The van der Waals surface area contributed by atoms with Crippen molar-refractivity contribution in [2.24, 2.45) is 18.2 Å². The van der Waals surface area contributed by atoms with E-state index in [0.29, 0.717) is 5.92 Å². The van der Waals surface area contributed by atoms with Crippen LogP contribution in [0, 0.1) is 5.41 Å². The van der Waals surface area contributed by atoms with Crippen LogP contribution in [0.4, 0.5) is 0 Å². The molecule has 1 aromatic heterocycles. The monoisotopic (exact) mass is 166 g/mol. The SMILES string of the molecule is Cn1nncc1[C@H]1[C@H](N)C1(C)C. The predicted octanol–water partition coefficient (Wildman–Crippen LogP) is 0.266. The van der Waals surface area contributed by atoms with Gasteiger partial charge in [0.25, 0.3) is 0 Å². The maximum absolute atomic E-state index is 5.94. The maximum atomic E-state index is 5.94. The van der Waals surface area contributed by atoms with Crippen LogP contribution in [-0.4, -0.2) is 21.0 Å². The fourth-order valence-electron chi connectivity index (χ4n) is 1.82. The molecule has 1 fully saturated rings. The Morgan fingerprint density at radius 2 is 2.17 bits per heavy atom. The number of hydrogen-bond donors (Lipinski definition) is 1. The van der Waals surface area contributed by atoms with Crippen molar-refractivity contribution < 1.29 is 0 Å². The molecule has 0 aliphatic heterocycles. The molecule has 0 saturated heterocycles. The fourth-order valence-corrected chi connectivity index (χ4v) is 1.82. The maximum Gasteiger partial charge on any atom is 0.0728 e. The molecule has 4 heteroatoms. The van der Waals surface area contributed by atoms with Crippen LogP contribution in [0.5, 0.6) is 0 Å². The van der Waals surface area contributed by atoms with E-state index in [4.69, 9.17) is 5.73 Å². The molecular formula is C8H14N4. The fraction of sp³-hybridized carbons (Fsp3) is 0.750. The number of rotatable bonds is 1. The highest BCUT2D eigenvalue weighted by Crippen LogP contribution is 2.56. The van der Waals surface area contributed by atoms with E-state index in [2.05, 4.69) is 24.2 Å². The van der Waals surface area contributed by atoms with Gasteiger partial charge in [-0.25, -0.2) is 0 Å². The Kier molecular flexibility index (Phi) is 1.33. The van der Waals surface area contributed by atoms with Gasteiger partial charge in [-0.15, -0.1) is 5.10 Å². The molecule has 2 N–H and O–H groups in total. The number of hydrogen-bond acceptors (Lipinski definition) is 3. The smallest absolute Gasteiger partial charge is 0.0728 e. The zero-order valence-corrected chi connectivity index (χ0v) is 7.65. The van der Waals surface area contributed by atoms with Gasteiger partial charge in [0.2, 0.25) is 0 Å². The second-order valence-corrected chi connectivity index (χ2v) is 4.11. The van der Waals surface area contributed by atoms with Crippen LogP contribution in [-0.2, 0) is 7.05 Å². The molecule has 1 aliphatic rings. The Morgan fingerprint density at radius 3 is 2.50 bits per heavy atom. The largest absolute Gasteiger partial charge is 0.327 e. The Labute approximate surface area is 71.8 Å². The molecule has 2 rings (SSSR count). The summed E-state index contributed by atoms with van der Waals surface area (Å²) in [7, 11) is 1.91. The van der Waals surface area contributed by atoms with Crippen LogP contribution >= 0.6 is 0 Å². The summed E-state index contributed by atoms with van der Waals surface area (Å²) < 4.78 is 1.80. The summed E-state index contributed by atoms with van der Waals surface area (Å²) in [4.78, 5) is 0. The molecule has 1 saturated carbocycles. The third-order valence-electron chi connectivity index (χ3n) is 2.98. The van der Waals surface area contributed by atoms with Gasteiger partial charge in [-0.1, -0.05) is 19.1 Å². The summed E-state index contributed by atoms with van der Waals surface area (Å²) in [6.07, 6.45) is 1.80. The van der Waals surface area contributed by atoms with Gasteiger partial charge in [-0.2, -0.15) is 0 Å². The van der Waals surface area contributed by atoms with E-state index in [-0.39, 0.29) is 11.5 Å². The molecule has 0 radical (unpaired) electrons. The van der Waals surface area contributed by atoms with Crippen LogP contribution in [0.1, 0.15) is 25.5 Å². The van der Waals surface area contributed by atoms with Gasteiger partial charge >= 0.3 is 0 Å². The third-order valence-corrected chi connectivity index (χ3v) is 2.98. The first kappa shape index (κ1) is 7.73. The van der Waals surface area contributed by atoms with Gasteiger partial charge < -0.3 is 5.73 Å². The molecule has 0 bridgehead atoms. The molecule has 0 unspecified atom stereocenters. The van der Waals surface area contributed by atoms with Gasteiger partial charge in [-0.05, 0) is 5.41 Å². The molecule has 0 aromatic carbocycles. The number of aryl methyl sites for hydroxylation is 1. The van der Waals surface area contributed by atoms with Crippen molar-refractivity contribution in [3.63, 3.8) is 0 Å². The lowest BCUT2D eigenvalue weighted by atomic mass is 10.1. The quantitative estimate of drug-likeness (QED) is 0.651. The lowest BCUT2D eigenvalue weighted by Gasteiger charge is -2.00. The first-order valence-electron chi connectivity index (χ1n) is 4.15. The molecular weight excluding hydrogens is 152 g/mol. The second-order valence-electron chi connectivity index (χ2n) is 4.11. The van der Waals surface area contributed by atoms with Crippen LogP contribution in [0.15, 0.2) is 6.20 Å². The highest BCUT2D eigenvalue weighted by atomic mass is 15.4. The van der Waals surface area contributed by atoms with Crippen molar-refractivity contribution in [2.75, 3.05) is 0 Å². The van der Waals surface area contributed by atoms with E-state index >= 15 is 0 Å². The minimum Gasteiger partial charge on any atom is -0.327 e. The molecule has 0 spiro atoms. The number of nitrogens with two attached hydrogens (primary N) is 1. The van der Waals surface area contributed by atoms with E-state index < -0.39 is 0 Å². The zero-order chi connectivity index (χ0) is 8.93. The Hall–Kier alpha value is -0.900. The third kappa shape index (κ3) is 0.813. The summed E-state index contributed by atoms with van der Waals surface area (Å²) in [6.45, 7) is 4.35. The van der Waals surface area contributed by atoms with E-state index in [1.807, 2.05) is 7.05 Å². The number of aromatic nitrogens is 3. The number of nitrogens with zero attached hydrogens (tertiary/aromatic N) is 3. The first-order valence-corrected chi connectivity index (χ1v) is 4.15. The van der Waals surface area contributed by atoms with E-state index in [0.717, 1.165) is 5.69 Å². The van der Waals surface area contributed by atoms with Crippen molar-refractivity contribution in [1.29, 1.82) is 0 Å². The molecule has 1 aliphatic carbocycles. The molecule has 4 nitrogen and oxygen atoms in total. The summed E-state index contributed by atoms with van der Waals surface area (Å²) in [5.41, 5.74) is 7.30. The van der Waals surface area contributed by atoms with E-state index in [1.54, 1.807) is 10.9 Å². The van der Waals surface area contributed by atoms with Crippen molar-refractivity contribution in [2.45, 2.75) is 25.8 Å². The van der Waals surface area contributed by atoms with Crippen molar-refractivity contribution in [3.05, 3.63) is 11.9 Å². The predicted molar refractivity (Wildman–Crippen MR) is 45.5 cm³/mol. The average molecular weight is 166 g/mol. The van der Waals surface area contributed by atoms with Gasteiger partial charge in [-0.3, -0.25) is 4.68 Å². The standard InChI is InChI=1S/C8H14N4/c1-8(2)6(7(8)9)5-4-10-11-12(5)3/h4,6-7H,9H2,1-3H3/t6-,7-/m0/s1. The molecule has 1 aromatic rings. The highest BCUT2D eigenvalue weighted by Gasteiger charge is 2.57. The molecule has 0 amide bonds. The van der Waals surface area contributed by atoms with Gasteiger partial charge in [0.15, 0.2) is 0 Å². The minimum atomic E-state index is 0.218. The molecule has 12 heavy (non-hydrogen) atoms. The van der Waals surface area contributed by atoms with Crippen LogP contribution in [0.2, 0.25) is 0 Å². The first-order chi connectivity index (χ1) is 5.55. The highest BCUT2D eigenvalue weighted by molar-refractivity contribution is 5.27. The summed E-state index contributed by atoms with van der Waals surface area (Å²) in [5.74, 6) is 0.428. The lowest BCUT2D eigenvalue weighted by Crippen LogP contribution is -2.07. The summed E-state index contributed by atoms with van der Waals surface area (Å²) in [6, 6.07) is 0.259. The van der Waals surface area contributed by atoms with Crippen LogP contribution in [0.3, 0.4) is 0 Å². The average Bonchev–Trinajstić information content (AvgIpc) is 2.39. The molecule has 66 valence electrons. The van der Waals surface area contributed by atoms with Gasteiger partial charge in [0.1, 0.15) is 0 Å². The minimum absolute atomic E-state index is 0.218. The van der Waals surface area contributed by atoms with E-state index in [1.165, 1.54) is 0 Å². The molecule has 2 atom stereocenters. The van der Waals surface area contributed by atoms with Crippen LogP contribution in [0.25, 0.3) is 0 Å². The van der Waals surface area contributed by atoms with Gasteiger partial charge in [0, 0.05) is 19.0 Å². The Morgan fingerprint density at radius 1 is 1.58 bits per heavy atom. The van der Waals surface area contributed by atoms with Crippen molar-refractivity contribution in [3.8, 4) is 0 Å². The van der Waals surface area contributed by atoms with Crippen molar-refractivity contribution in [1.82, 2.24) is 15.0 Å².